The van der Waals surface area contributed by atoms with E-state index in [0.29, 0.717) is 5.92 Å². The lowest BCUT2D eigenvalue weighted by atomic mass is 10.1. The Balaban J connectivity index is 1.97. The maximum Gasteiger partial charge on any atom is 0.126 e. The molecule has 0 spiro atoms. The van der Waals surface area contributed by atoms with Crippen LogP contribution in [0.2, 0.25) is 5.02 Å². The summed E-state index contributed by atoms with van der Waals surface area (Å²) in [5.41, 5.74) is 0.935. The summed E-state index contributed by atoms with van der Waals surface area (Å²) in [4.78, 5) is 6.93. The van der Waals surface area contributed by atoms with E-state index in [-0.39, 0.29) is 6.61 Å². The van der Waals surface area contributed by atoms with Gasteiger partial charge in [0, 0.05) is 26.2 Å². The van der Waals surface area contributed by atoms with Crippen LogP contribution in [0.15, 0.2) is 12.1 Å². The Bertz CT molecular complexity index is 414. The van der Waals surface area contributed by atoms with Crippen molar-refractivity contribution in [3.63, 3.8) is 0 Å². The van der Waals surface area contributed by atoms with E-state index >= 15 is 0 Å². The molecule has 2 rings (SSSR count). The van der Waals surface area contributed by atoms with Gasteiger partial charge < -0.3 is 10.4 Å². The largest absolute Gasteiger partial charge is 0.396 e. The zero-order valence-corrected chi connectivity index (χ0v) is 12.2. The SMILES string of the molecule is CCNc1ccc(Cl)c(CN2CCC(CCO)C2)n1. The topological polar surface area (TPSA) is 48.4 Å². The second kappa shape index (κ2) is 7.08. The van der Waals surface area contributed by atoms with Crippen LogP contribution >= 0.6 is 11.6 Å². The lowest BCUT2D eigenvalue weighted by Gasteiger charge is -2.17. The molecule has 1 aromatic heterocycles. The van der Waals surface area contributed by atoms with E-state index in [1.807, 2.05) is 12.1 Å². The van der Waals surface area contributed by atoms with Crippen molar-refractivity contribution in [2.24, 2.45) is 5.92 Å². The number of pyridine rings is 1. The molecule has 1 aromatic rings. The van der Waals surface area contributed by atoms with Crippen LogP contribution in [0, 0.1) is 5.92 Å². The van der Waals surface area contributed by atoms with Gasteiger partial charge in [0.25, 0.3) is 0 Å². The van der Waals surface area contributed by atoms with Crippen LogP contribution in [0.25, 0.3) is 0 Å². The van der Waals surface area contributed by atoms with Crippen LogP contribution in [-0.2, 0) is 6.54 Å². The van der Waals surface area contributed by atoms with Crippen molar-refractivity contribution in [3.8, 4) is 0 Å². The van der Waals surface area contributed by atoms with Gasteiger partial charge >= 0.3 is 0 Å². The average molecular weight is 284 g/mol. The molecule has 1 unspecified atom stereocenters. The second-order valence-corrected chi connectivity index (χ2v) is 5.46. The molecule has 4 nitrogen and oxygen atoms in total. The number of hydrogen-bond acceptors (Lipinski definition) is 4. The Morgan fingerprint density at radius 1 is 1.53 bits per heavy atom. The van der Waals surface area contributed by atoms with Gasteiger partial charge in [0.15, 0.2) is 0 Å². The minimum absolute atomic E-state index is 0.285. The molecule has 1 atom stereocenters. The quantitative estimate of drug-likeness (QED) is 0.842. The molecule has 0 bridgehead atoms. The third-order valence-electron chi connectivity index (χ3n) is 3.56. The monoisotopic (exact) mass is 283 g/mol. The first-order chi connectivity index (χ1) is 9.22. The van der Waals surface area contributed by atoms with Crippen molar-refractivity contribution in [1.29, 1.82) is 0 Å². The van der Waals surface area contributed by atoms with E-state index in [2.05, 4.69) is 22.1 Å². The summed E-state index contributed by atoms with van der Waals surface area (Å²) in [6.45, 7) is 6.08. The number of likely N-dealkylation sites (tertiary alicyclic amines) is 1. The summed E-state index contributed by atoms with van der Waals surface area (Å²) in [5, 5.41) is 12.9. The second-order valence-electron chi connectivity index (χ2n) is 5.06. The zero-order valence-electron chi connectivity index (χ0n) is 11.4. The highest BCUT2D eigenvalue weighted by Gasteiger charge is 2.22. The Kier molecular flexibility index (Phi) is 5.43. The smallest absolute Gasteiger partial charge is 0.126 e. The van der Waals surface area contributed by atoms with Gasteiger partial charge in [0.1, 0.15) is 5.82 Å². The fraction of sp³-hybridized carbons (Fsp3) is 0.643. The molecule has 0 saturated carbocycles. The minimum atomic E-state index is 0.285. The summed E-state index contributed by atoms with van der Waals surface area (Å²) >= 11 is 6.22. The number of halogens is 1. The van der Waals surface area contributed by atoms with E-state index in [1.54, 1.807) is 0 Å². The Labute approximate surface area is 119 Å². The fourth-order valence-electron chi connectivity index (χ4n) is 2.56. The minimum Gasteiger partial charge on any atom is -0.396 e. The van der Waals surface area contributed by atoms with E-state index < -0.39 is 0 Å². The molecule has 2 N–H and O–H groups in total. The van der Waals surface area contributed by atoms with Crippen LogP contribution in [0.3, 0.4) is 0 Å². The van der Waals surface area contributed by atoms with E-state index in [4.69, 9.17) is 16.7 Å². The maximum atomic E-state index is 8.98. The van der Waals surface area contributed by atoms with Gasteiger partial charge in [-0.2, -0.15) is 0 Å². The van der Waals surface area contributed by atoms with E-state index in [9.17, 15) is 0 Å². The molecule has 1 saturated heterocycles. The normalized spacial score (nSPS) is 19.8. The predicted octanol–water partition coefficient (Wildman–Crippen LogP) is 2.37. The van der Waals surface area contributed by atoms with E-state index in [0.717, 1.165) is 55.6 Å². The molecule has 0 aromatic carbocycles. The van der Waals surface area contributed by atoms with Crippen molar-refractivity contribution < 1.29 is 5.11 Å². The van der Waals surface area contributed by atoms with E-state index in [1.165, 1.54) is 0 Å². The van der Waals surface area contributed by atoms with Gasteiger partial charge in [-0.15, -0.1) is 0 Å². The third-order valence-corrected chi connectivity index (χ3v) is 3.90. The average Bonchev–Trinajstić information content (AvgIpc) is 2.82. The number of aromatic nitrogens is 1. The Morgan fingerprint density at radius 2 is 2.37 bits per heavy atom. The lowest BCUT2D eigenvalue weighted by Crippen LogP contribution is -2.21. The molecule has 0 radical (unpaired) electrons. The highest BCUT2D eigenvalue weighted by atomic mass is 35.5. The summed E-state index contributed by atoms with van der Waals surface area (Å²) < 4.78 is 0. The van der Waals surface area contributed by atoms with Crippen molar-refractivity contribution >= 4 is 17.4 Å². The molecule has 0 aliphatic carbocycles. The summed E-state index contributed by atoms with van der Waals surface area (Å²) in [6.07, 6.45) is 2.06. The van der Waals surface area contributed by atoms with Gasteiger partial charge in [-0.1, -0.05) is 11.6 Å². The third kappa shape index (κ3) is 4.06. The summed E-state index contributed by atoms with van der Waals surface area (Å²) in [7, 11) is 0. The number of nitrogens with one attached hydrogen (secondary N) is 1. The molecule has 1 aliphatic heterocycles. The molecule has 1 aliphatic rings. The lowest BCUT2D eigenvalue weighted by molar-refractivity contribution is 0.249. The van der Waals surface area contributed by atoms with Crippen molar-refractivity contribution in [2.75, 3.05) is 31.6 Å². The van der Waals surface area contributed by atoms with Gasteiger partial charge in [-0.25, -0.2) is 4.98 Å². The van der Waals surface area contributed by atoms with Crippen molar-refractivity contribution in [1.82, 2.24) is 9.88 Å². The molecule has 5 heteroatoms. The molecular weight excluding hydrogens is 262 g/mol. The van der Waals surface area contributed by atoms with Crippen LogP contribution in [0.5, 0.6) is 0 Å². The van der Waals surface area contributed by atoms with Gasteiger partial charge in [0.05, 0.1) is 10.7 Å². The Hall–Kier alpha value is -0.840. The molecule has 1 fully saturated rings. The standard InChI is InChI=1S/C14H22ClN3O/c1-2-16-14-4-3-12(15)13(17-14)10-18-7-5-11(9-18)6-8-19/h3-4,11,19H,2,5-10H2,1H3,(H,16,17). The van der Waals surface area contributed by atoms with Crippen molar-refractivity contribution in [3.05, 3.63) is 22.8 Å². The van der Waals surface area contributed by atoms with Gasteiger partial charge in [0.2, 0.25) is 0 Å². The molecule has 19 heavy (non-hydrogen) atoms. The first-order valence-electron chi connectivity index (χ1n) is 6.95. The molecular formula is C14H22ClN3O. The van der Waals surface area contributed by atoms with Crippen LogP contribution < -0.4 is 5.32 Å². The summed E-state index contributed by atoms with van der Waals surface area (Å²) in [5.74, 6) is 1.49. The van der Waals surface area contributed by atoms with Crippen molar-refractivity contribution in [2.45, 2.75) is 26.3 Å². The number of aliphatic hydroxyl groups excluding tert-OH is 1. The number of nitrogens with zero attached hydrogens (tertiary/aromatic N) is 2. The van der Waals surface area contributed by atoms with Gasteiger partial charge in [-0.3, -0.25) is 4.90 Å². The number of aliphatic hydroxyl groups is 1. The maximum absolute atomic E-state index is 8.98. The van der Waals surface area contributed by atoms with Crippen LogP contribution in [0.4, 0.5) is 5.82 Å². The molecule has 2 heterocycles. The molecule has 0 amide bonds. The molecule has 106 valence electrons. The van der Waals surface area contributed by atoms with Gasteiger partial charge in [-0.05, 0) is 44.4 Å². The highest BCUT2D eigenvalue weighted by molar-refractivity contribution is 6.31. The number of rotatable bonds is 6. The van der Waals surface area contributed by atoms with Crippen LogP contribution in [-0.4, -0.2) is 41.2 Å². The highest BCUT2D eigenvalue weighted by Crippen LogP contribution is 2.24. The Morgan fingerprint density at radius 3 is 3.11 bits per heavy atom. The summed E-state index contributed by atoms with van der Waals surface area (Å²) in [6, 6.07) is 3.82. The number of anilines is 1. The fourth-order valence-corrected chi connectivity index (χ4v) is 2.73. The van der Waals surface area contributed by atoms with Crippen LogP contribution in [0.1, 0.15) is 25.5 Å². The first kappa shape index (κ1) is 14.6. The number of hydrogen-bond donors (Lipinski definition) is 2. The first-order valence-corrected chi connectivity index (χ1v) is 7.33. The zero-order chi connectivity index (χ0) is 13.7. The predicted molar refractivity (Wildman–Crippen MR) is 78.5 cm³/mol.